The van der Waals surface area contributed by atoms with Gasteiger partial charge < -0.3 is 13.6 Å². The monoisotopic (exact) mass is 253 g/mol. The number of aryl methyl sites for hydroxylation is 1. The maximum atomic E-state index is 8.77. The summed E-state index contributed by atoms with van der Waals surface area (Å²) in [7, 11) is -1.35. The Morgan fingerprint density at radius 2 is 1.88 bits per heavy atom. The largest absolute Gasteiger partial charge is 0.426 e. The summed E-state index contributed by atoms with van der Waals surface area (Å²) in [6.07, 6.45) is 0. The van der Waals surface area contributed by atoms with Gasteiger partial charge in [-0.25, -0.2) is 0 Å². The Morgan fingerprint density at radius 3 is 2.35 bits per heavy atom. The Balaban J connectivity index is 2.75. The van der Waals surface area contributed by atoms with Crippen molar-refractivity contribution in [2.75, 3.05) is 13.2 Å². The van der Waals surface area contributed by atoms with Gasteiger partial charge in [-0.1, -0.05) is 0 Å². The quantitative estimate of drug-likeness (QED) is 0.727. The minimum absolute atomic E-state index is 0.543. The number of rotatable bonds is 6. The van der Waals surface area contributed by atoms with Gasteiger partial charge in [-0.3, -0.25) is 0 Å². The van der Waals surface area contributed by atoms with E-state index in [9.17, 15) is 0 Å². The molecule has 0 unspecified atom stereocenters. The van der Waals surface area contributed by atoms with Gasteiger partial charge in [0.25, 0.3) is 0 Å². The molecule has 0 aliphatic rings. The molecule has 4 nitrogen and oxygen atoms in total. The highest BCUT2D eigenvalue weighted by atomic mass is 31.2. The van der Waals surface area contributed by atoms with Gasteiger partial charge in [0.05, 0.1) is 24.8 Å². The lowest BCUT2D eigenvalue weighted by atomic mass is 10.1. The van der Waals surface area contributed by atoms with Crippen LogP contribution in [-0.2, 0) is 9.05 Å². The van der Waals surface area contributed by atoms with Gasteiger partial charge in [-0.05, 0) is 44.5 Å². The lowest BCUT2D eigenvalue weighted by Crippen LogP contribution is -1.98. The molecular formula is C12H16NO3P. The van der Waals surface area contributed by atoms with Crippen LogP contribution in [0.25, 0.3) is 0 Å². The number of hydrogen-bond acceptors (Lipinski definition) is 4. The minimum Gasteiger partial charge on any atom is -0.426 e. The summed E-state index contributed by atoms with van der Waals surface area (Å²) in [6, 6.07) is 7.35. The van der Waals surface area contributed by atoms with Gasteiger partial charge in [0.15, 0.2) is 0 Å². The van der Waals surface area contributed by atoms with Crippen molar-refractivity contribution >= 4 is 8.60 Å². The van der Waals surface area contributed by atoms with E-state index in [0.717, 1.165) is 5.56 Å². The molecule has 0 saturated heterocycles. The van der Waals surface area contributed by atoms with E-state index in [1.165, 1.54) is 0 Å². The van der Waals surface area contributed by atoms with Crippen LogP contribution in [-0.4, -0.2) is 13.2 Å². The van der Waals surface area contributed by atoms with E-state index in [1.54, 1.807) is 18.2 Å². The van der Waals surface area contributed by atoms with E-state index < -0.39 is 8.60 Å². The predicted molar refractivity (Wildman–Crippen MR) is 66.7 cm³/mol. The van der Waals surface area contributed by atoms with Crippen molar-refractivity contribution in [3.63, 3.8) is 0 Å². The first-order valence-corrected chi connectivity index (χ1v) is 6.55. The van der Waals surface area contributed by atoms with Crippen LogP contribution in [0.4, 0.5) is 0 Å². The normalized spacial score (nSPS) is 10.3. The van der Waals surface area contributed by atoms with Crippen LogP contribution in [0.2, 0.25) is 0 Å². The van der Waals surface area contributed by atoms with Gasteiger partial charge in [0.1, 0.15) is 5.75 Å². The third-order valence-corrected chi connectivity index (χ3v) is 3.23. The van der Waals surface area contributed by atoms with Gasteiger partial charge in [-0.15, -0.1) is 0 Å². The summed E-state index contributed by atoms with van der Waals surface area (Å²) in [5.74, 6) is 0.692. The summed E-state index contributed by atoms with van der Waals surface area (Å²) in [6.45, 7) is 6.76. The van der Waals surface area contributed by atoms with Crippen molar-refractivity contribution in [1.29, 1.82) is 5.26 Å². The van der Waals surface area contributed by atoms with E-state index in [0.29, 0.717) is 24.5 Å². The van der Waals surface area contributed by atoms with E-state index >= 15 is 0 Å². The molecule has 0 spiro atoms. The molecule has 0 aliphatic carbocycles. The average molecular weight is 253 g/mol. The highest BCUT2D eigenvalue weighted by Gasteiger charge is 2.14. The summed E-state index contributed by atoms with van der Waals surface area (Å²) in [4.78, 5) is 0. The smallest absolute Gasteiger partial charge is 0.397 e. The molecule has 0 saturated carbocycles. The molecule has 0 atom stereocenters. The number of hydrogen-bond donors (Lipinski definition) is 0. The molecule has 0 amide bonds. The number of nitriles is 1. The summed E-state index contributed by atoms with van der Waals surface area (Å²) in [5, 5.41) is 8.77. The van der Waals surface area contributed by atoms with E-state index in [1.807, 2.05) is 20.8 Å². The molecule has 92 valence electrons. The predicted octanol–water partition coefficient (Wildman–Crippen LogP) is 3.55. The van der Waals surface area contributed by atoms with E-state index in [-0.39, 0.29) is 0 Å². The Kier molecular flexibility index (Phi) is 5.93. The highest BCUT2D eigenvalue weighted by molar-refractivity contribution is 7.42. The van der Waals surface area contributed by atoms with Crippen LogP contribution in [0, 0.1) is 18.3 Å². The topological polar surface area (TPSA) is 51.5 Å². The first kappa shape index (κ1) is 13.9. The highest BCUT2D eigenvalue weighted by Crippen LogP contribution is 2.41. The Bertz CT molecular complexity index is 397. The Labute approximate surface area is 103 Å². The molecule has 17 heavy (non-hydrogen) atoms. The van der Waals surface area contributed by atoms with Gasteiger partial charge >= 0.3 is 8.60 Å². The molecule has 0 N–H and O–H groups in total. The molecule has 1 rings (SSSR count). The zero-order valence-corrected chi connectivity index (χ0v) is 11.2. The zero-order chi connectivity index (χ0) is 12.7. The lowest BCUT2D eigenvalue weighted by Gasteiger charge is -2.16. The van der Waals surface area contributed by atoms with E-state index in [4.69, 9.17) is 18.8 Å². The molecular weight excluding hydrogens is 237 g/mol. The van der Waals surface area contributed by atoms with Crippen molar-refractivity contribution in [1.82, 2.24) is 0 Å². The average Bonchev–Trinajstić information content (AvgIpc) is 2.32. The fourth-order valence-corrected chi connectivity index (χ4v) is 2.17. The van der Waals surface area contributed by atoms with Gasteiger partial charge in [-0.2, -0.15) is 5.26 Å². The second-order valence-electron chi connectivity index (χ2n) is 3.24. The van der Waals surface area contributed by atoms with Gasteiger partial charge in [0.2, 0.25) is 0 Å². The lowest BCUT2D eigenvalue weighted by molar-refractivity contribution is 0.221. The van der Waals surface area contributed by atoms with Crippen LogP contribution < -0.4 is 4.52 Å². The van der Waals surface area contributed by atoms with Crippen molar-refractivity contribution < 1.29 is 13.6 Å². The molecule has 1 aromatic carbocycles. The third kappa shape index (κ3) is 4.32. The first-order chi connectivity index (χ1) is 8.21. The fourth-order valence-electron chi connectivity index (χ4n) is 1.20. The molecule has 0 aliphatic heterocycles. The van der Waals surface area contributed by atoms with Crippen molar-refractivity contribution in [3.8, 4) is 11.8 Å². The molecule has 0 aromatic heterocycles. The maximum Gasteiger partial charge on any atom is 0.397 e. The first-order valence-electron chi connectivity index (χ1n) is 5.46. The van der Waals surface area contributed by atoms with Crippen LogP contribution in [0.5, 0.6) is 5.75 Å². The summed E-state index contributed by atoms with van der Waals surface area (Å²) in [5.41, 5.74) is 1.52. The second kappa shape index (κ2) is 7.24. The Hall–Kier alpha value is -1.14. The number of benzene rings is 1. The fraction of sp³-hybridized carbons (Fsp3) is 0.417. The van der Waals surface area contributed by atoms with Crippen molar-refractivity contribution in [2.45, 2.75) is 20.8 Å². The van der Waals surface area contributed by atoms with Crippen LogP contribution in [0.3, 0.4) is 0 Å². The molecule has 0 heterocycles. The molecule has 0 fully saturated rings. The zero-order valence-electron chi connectivity index (χ0n) is 10.3. The third-order valence-electron chi connectivity index (χ3n) is 1.95. The molecule has 1 aromatic rings. The Morgan fingerprint density at radius 1 is 1.24 bits per heavy atom. The van der Waals surface area contributed by atoms with Crippen LogP contribution in [0.1, 0.15) is 25.0 Å². The van der Waals surface area contributed by atoms with Gasteiger partial charge in [0, 0.05) is 0 Å². The maximum absolute atomic E-state index is 8.77. The second-order valence-corrected chi connectivity index (χ2v) is 4.39. The molecule has 0 bridgehead atoms. The van der Waals surface area contributed by atoms with Crippen LogP contribution >= 0.6 is 8.60 Å². The standard InChI is InChI=1S/C12H16NO3P/c1-4-14-17(15-5-2)16-12-7-6-11(9-13)8-10(12)3/h6-8H,4-5H2,1-3H3. The number of nitrogens with zero attached hydrogens (tertiary/aromatic N) is 1. The van der Waals surface area contributed by atoms with Crippen molar-refractivity contribution in [3.05, 3.63) is 29.3 Å². The summed E-state index contributed by atoms with van der Waals surface area (Å²) < 4.78 is 16.3. The summed E-state index contributed by atoms with van der Waals surface area (Å²) >= 11 is 0. The van der Waals surface area contributed by atoms with E-state index in [2.05, 4.69) is 6.07 Å². The molecule has 5 heteroatoms. The minimum atomic E-state index is -1.35. The molecule has 0 radical (unpaired) electrons. The van der Waals surface area contributed by atoms with Crippen LogP contribution in [0.15, 0.2) is 18.2 Å². The SMILES string of the molecule is CCOP(OCC)Oc1ccc(C#N)cc1C. The van der Waals surface area contributed by atoms with Crippen molar-refractivity contribution in [2.24, 2.45) is 0 Å².